The number of amides is 2. The Morgan fingerprint density at radius 1 is 1.00 bits per heavy atom. The molecule has 0 N–H and O–H groups in total. The van der Waals surface area contributed by atoms with Gasteiger partial charge >= 0.3 is 226 Å². The summed E-state index contributed by atoms with van der Waals surface area (Å²) in [5, 5.41) is 2.87. The first-order chi connectivity index (χ1) is 15.7. The van der Waals surface area contributed by atoms with Gasteiger partial charge in [0.1, 0.15) is 0 Å². The fourth-order valence-corrected chi connectivity index (χ4v) is 6.26. The van der Waals surface area contributed by atoms with Crippen molar-refractivity contribution in [2.24, 2.45) is 0 Å². The molecule has 3 rings (SSSR count). The average molecular weight is 665 g/mol. The van der Waals surface area contributed by atoms with Crippen molar-refractivity contribution < 1.29 is 40.5 Å². The molecule has 1 heterocycles. The van der Waals surface area contributed by atoms with Crippen LogP contribution in [0.2, 0.25) is 5.02 Å². The number of ether oxygens (including phenoxy) is 2. The van der Waals surface area contributed by atoms with Crippen molar-refractivity contribution >= 4 is 61.5 Å². The molecule has 0 bridgehead atoms. The molecule has 0 saturated carbocycles. The number of benzene rings is 2. The van der Waals surface area contributed by atoms with Crippen molar-refractivity contribution in [2.45, 2.75) is 59.2 Å². The van der Waals surface area contributed by atoms with E-state index in [1.165, 1.54) is 0 Å². The Kier molecular flexibility index (Phi) is 8.14. The number of fused-ring (bicyclic) bond motifs is 3. The Hall–Kier alpha value is -1.52. The number of carbonyl (C=O) groups excluding carboxylic acids is 2. The molecule has 0 aliphatic carbocycles. The zero-order chi connectivity index (χ0) is 25.4. The molecule has 0 spiro atoms. The molecule has 186 valence electrons. The Morgan fingerprint density at radius 2 is 1.59 bits per heavy atom. The number of carbonyl (C=O) groups is 2. The quantitative estimate of drug-likeness (QED) is 0.307. The number of hydrogen-bond donors (Lipinski definition) is 0. The summed E-state index contributed by atoms with van der Waals surface area (Å²) >= 11 is 9.67. The molecule has 0 unspecified atom stereocenters. The fraction of sp³-hybridized carbons (Fsp3) is 0.440. The molecule has 1 aromatic heterocycles. The maximum atomic E-state index is 12.9. The third kappa shape index (κ3) is 6.18. The van der Waals surface area contributed by atoms with Crippen LogP contribution in [0, 0.1) is 0 Å². The van der Waals surface area contributed by atoms with E-state index in [0.717, 1.165) is 36.7 Å². The van der Waals surface area contributed by atoms with E-state index in [1.807, 2.05) is 24.3 Å². The summed E-state index contributed by atoms with van der Waals surface area (Å²) in [4.78, 5) is 29.1. The molecule has 0 radical (unpaired) electrons. The predicted molar refractivity (Wildman–Crippen MR) is 136 cm³/mol. The molecule has 0 aliphatic heterocycles. The second-order valence-electron chi connectivity index (χ2n) is 9.90. The molecule has 0 fully saturated rings. The first-order valence-electron chi connectivity index (χ1n) is 10.9. The number of halogens is 3. The van der Waals surface area contributed by atoms with Gasteiger partial charge in [0, 0.05) is 0 Å². The number of hydrogen-bond acceptors (Lipinski definition) is 4. The molecule has 6 nitrogen and oxygen atoms in total. The van der Waals surface area contributed by atoms with Crippen LogP contribution < -0.4 is 21.5 Å². The Bertz CT molecular complexity index is 1220. The van der Waals surface area contributed by atoms with Gasteiger partial charge in [-0.3, -0.25) is 0 Å². The van der Waals surface area contributed by atoms with Crippen molar-refractivity contribution in [2.75, 3.05) is 11.5 Å². The van der Waals surface area contributed by atoms with Crippen LogP contribution in [0.4, 0.5) is 9.59 Å². The summed E-state index contributed by atoms with van der Waals surface area (Å²) in [5.41, 5.74) is 1.76. The molecule has 0 aliphatic rings. The summed E-state index contributed by atoms with van der Waals surface area (Å²) in [6.07, 6.45) is -1.01. The summed E-state index contributed by atoms with van der Waals surface area (Å²) in [7, 11) is 0. The van der Waals surface area contributed by atoms with Crippen LogP contribution in [0.15, 0.2) is 34.8 Å². The molecule has 2 amide bonds. The van der Waals surface area contributed by atoms with E-state index in [9.17, 15) is 9.59 Å². The van der Waals surface area contributed by atoms with Gasteiger partial charge in [0.15, 0.2) is 0 Å². The first-order valence-corrected chi connectivity index (χ1v) is 15.2. The zero-order valence-electron chi connectivity index (χ0n) is 20.5. The van der Waals surface area contributed by atoms with Crippen LogP contribution in [0.5, 0.6) is 0 Å². The van der Waals surface area contributed by atoms with Gasteiger partial charge in [-0.15, -0.1) is 0 Å². The van der Waals surface area contributed by atoms with E-state index >= 15 is 0 Å². The van der Waals surface area contributed by atoms with E-state index < -0.39 is 23.4 Å². The molecule has 3 aromatic rings. The molecular weight excluding hydrogens is 635 g/mol. The number of alkyl halides is 1. The minimum absolute atomic E-state index is 0.117. The third-order valence-corrected chi connectivity index (χ3v) is 7.81. The predicted octanol–water partition coefficient (Wildman–Crippen LogP) is 4.41. The van der Waals surface area contributed by atoms with Crippen LogP contribution in [-0.4, -0.2) is 42.5 Å². The molecular formula is C25H30BrClIN2O4-. The van der Waals surface area contributed by atoms with Crippen LogP contribution in [0.3, 0.4) is 0 Å². The summed E-state index contributed by atoms with van der Waals surface area (Å²) in [6, 6.07) is 10.0. The van der Waals surface area contributed by atoms with Crippen molar-refractivity contribution in [1.82, 2.24) is 7.68 Å². The molecule has 2 aromatic carbocycles. The van der Waals surface area contributed by atoms with Gasteiger partial charge in [0.25, 0.3) is 0 Å². The van der Waals surface area contributed by atoms with Crippen LogP contribution in [0.25, 0.3) is 21.8 Å². The number of rotatable bonds is 4. The SMILES string of the molecule is C[I-]n1c2ccc(Cl)cc2c2ccc(Br)c(CCN(C(=O)OC(C)(C)C)C(=O)OC(C)(C)C)c21. The van der Waals surface area contributed by atoms with Crippen molar-refractivity contribution in [1.29, 1.82) is 0 Å². The average Bonchev–Trinajstić information content (AvgIpc) is 2.99. The zero-order valence-corrected chi connectivity index (χ0v) is 25.0. The van der Waals surface area contributed by atoms with Crippen LogP contribution in [-0.2, 0) is 15.9 Å². The maximum absolute atomic E-state index is 12.9. The minimum atomic E-state index is -0.740. The van der Waals surface area contributed by atoms with Gasteiger partial charge in [-0.2, -0.15) is 0 Å². The second-order valence-corrected chi connectivity index (χ2v) is 13.1. The van der Waals surface area contributed by atoms with E-state index in [1.54, 1.807) is 41.5 Å². The van der Waals surface area contributed by atoms with Gasteiger partial charge in [0.2, 0.25) is 0 Å². The second kappa shape index (κ2) is 10.2. The number of imide groups is 1. The Labute approximate surface area is 224 Å². The Morgan fingerprint density at radius 3 is 2.12 bits per heavy atom. The van der Waals surface area contributed by atoms with E-state index in [4.69, 9.17) is 21.1 Å². The van der Waals surface area contributed by atoms with E-state index in [-0.39, 0.29) is 28.0 Å². The van der Waals surface area contributed by atoms with Gasteiger partial charge < -0.3 is 0 Å². The normalized spacial score (nSPS) is 12.4. The van der Waals surface area contributed by atoms with Gasteiger partial charge in [-0.05, 0) is 0 Å². The van der Waals surface area contributed by atoms with Gasteiger partial charge in [-0.1, -0.05) is 0 Å². The summed E-state index contributed by atoms with van der Waals surface area (Å²) < 4.78 is 14.3. The van der Waals surface area contributed by atoms with Gasteiger partial charge in [0.05, 0.1) is 0 Å². The molecule has 34 heavy (non-hydrogen) atoms. The molecule has 0 atom stereocenters. The molecule has 0 saturated heterocycles. The van der Waals surface area contributed by atoms with Gasteiger partial charge in [-0.25, -0.2) is 0 Å². The fourth-order valence-electron chi connectivity index (χ4n) is 3.60. The monoisotopic (exact) mass is 663 g/mol. The van der Waals surface area contributed by atoms with E-state index in [0.29, 0.717) is 11.4 Å². The first kappa shape index (κ1) is 27.1. The number of nitrogens with zero attached hydrogens (tertiary/aromatic N) is 2. The van der Waals surface area contributed by atoms with Crippen molar-refractivity contribution in [3.05, 3.63) is 45.4 Å². The summed E-state index contributed by atoms with van der Waals surface area (Å²) in [6.45, 7) is 10.7. The molecule has 9 heteroatoms. The topological polar surface area (TPSA) is 60.8 Å². The van der Waals surface area contributed by atoms with Crippen molar-refractivity contribution in [3.8, 4) is 0 Å². The van der Waals surface area contributed by atoms with E-state index in [2.05, 4.69) is 29.7 Å². The van der Waals surface area contributed by atoms with Crippen molar-refractivity contribution in [3.63, 3.8) is 0 Å². The number of aromatic nitrogens is 1. The van der Waals surface area contributed by atoms with Crippen LogP contribution in [0.1, 0.15) is 47.1 Å². The standard InChI is InChI=1S/C25H30BrClIN2O4/c1-24(2,3)33-22(31)29(23(32)34-25(4,5)6)13-12-17-19(26)10-9-16-18-14-15(27)8-11-20(18)30(28-7)21(16)17/h8-11,14H,12-13H2,1-7H3/q-1. The summed E-state index contributed by atoms with van der Waals surface area (Å²) in [5.74, 6) is 0. The van der Waals surface area contributed by atoms with Crippen LogP contribution >= 0.6 is 27.5 Å². The third-order valence-electron chi connectivity index (χ3n) is 4.86. The Balaban J connectivity index is 2.05.